The van der Waals surface area contributed by atoms with E-state index < -0.39 is 5.97 Å². The standard InChI is InChI=1S/C17H16N2O3S2/c1-3-22-16(21)8-12(20)10-24-17-14(9-18)13(7-11(2)19-17)15-5-4-6-23-15/h4-7H,3,8,10H2,1-2H3. The number of hydrogen-bond acceptors (Lipinski definition) is 7. The lowest BCUT2D eigenvalue weighted by Gasteiger charge is -2.09. The number of ketones is 1. The van der Waals surface area contributed by atoms with Gasteiger partial charge < -0.3 is 4.74 Å². The summed E-state index contributed by atoms with van der Waals surface area (Å²) in [5.74, 6) is -0.697. The molecule has 7 heteroatoms. The van der Waals surface area contributed by atoms with Gasteiger partial charge in [-0.2, -0.15) is 5.26 Å². The summed E-state index contributed by atoms with van der Waals surface area (Å²) in [4.78, 5) is 28.6. The second kappa shape index (κ2) is 8.62. The van der Waals surface area contributed by atoms with Crippen molar-refractivity contribution in [2.45, 2.75) is 25.3 Å². The molecule has 5 nitrogen and oxygen atoms in total. The molecule has 0 spiro atoms. The first-order valence-electron chi connectivity index (χ1n) is 7.30. The number of esters is 1. The SMILES string of the molecule is CCOC(=O)CC(=O)CSc1nc(C)cc(-c2cccs2)c1C#N. The number of nitriles is 1. The Balaban J connectivity index is 2.17. The highest BCUT2D eigenvalue weighted by Crippen LogP contribution is 2.33. The first-order chi connectivity index (χ1) is 11.5. The Labute approximate surface area is 148 Å². The molecule has 0 aliphatic heterocycles. The van der Waals surface area contributed by atoms with Crippen molar-refractivity contribution in [3.8, 4) is 16.5 Å². The summed E-state index contributed by atoms with van der Waals surface area (Å²) < 4.78 is 4.76. The monoisotopic (exact) mass is 360 g/mol. The van der Waals surface area contributed by atoms with E-state index in [9.17, 15) is 14.9 Å². The summed E-state index contributed by atoms with van der Waals surface area (Å²) in [7, 11) is 0. The van der Waals surface area contributed by atoms with Gasteiger partial charge in [-0.15, -0.1) is 11.3 Å². The van der Waals surface area contributed by atoms with Crippen molar-refractivity contribution in [1.82, 2.24) is 4.98 Å². The van der Waals surface area contributed by atoms with Crippen LogP contribution < -0.4 is 0 Å². The van der Waals surface area contributed by atoms with E-state index in [-0.39, 0.29) is 24.6 Å². The van der Waals surface area contributed by atoms with E-state index in [0.717, 1.165) is 16.1 Å². The van der Waals surface area contributed by atoms with Gasteiger partial charge in [-0.25, -0.2) is 4.98 Å². The van der Waals surface area contributed by atoms with Crippen LogP contribution in [0.25, 0.3) is 10.4 Å². The van der Waals surface area contributed by atoms with Crippen molar-refractivity contribution in [2.24, 2.45) is 0 Å². The van der Waals surface area contributed by atoms with Gasteiger partial charge in [-0.1, -0.05) is 17.8 Å². The van der Waals surface area contributed by atoms with Gasteiger partial charge in [0.05, 0.1) is 17.9 Å². The third kappa shape index (κ3) is 4.66. The van der Waals surface area contributed by atoms with Gasteiger partial charge in [0.15, 0.2) is 5.78 Å². The molecule has 0 N–H and O–H groups in total. The number of pyridine rings is 1. The largest absolute Gasteiger partial charge is 0.466 e. The molecule has 2 aromatic heterocycles. The van der Waals surface area contributed by atoms with E-state index in [4.69, 9.17) is 4.74 Å². The van der Waals surface area contributed by atoms with E-state index in [0.29, 0.717) is 10.6 Å². The summed E-state index contributed by atoms with van der Waals surface area (Å²) in [6.45, 7) is 3.79. The number of rotatable bonds is 7. The third-order valence-electron chi connectivity index (χ3n) is 3.03. The van der Waals surface area contributed by atoms with Crippen LogP contribution in [-0.2, 0) is 14.3 Å². The lowest BCUT2D eigenvalue weighted by molar-refractivity contribution is -0.145. The molecule has 0 aliphatic carbocycles. The Kier molecular flexibility index (Phi) is 6.53. The fraction of sp³-hybridized carbons (Fsp3) is 0.294. The Morgan fingerprint density at radius 2 is 2.25 bits per heavy atom. The smallest absolute Gasteiger partial charge is 0.313 e. The van der Waals surface area contributed by atoms with Crippen molar-refractivity contribution < 1.29 is 14.3 Å². The highest BCUT2D eigenvalue weighted by Gasteiger charge is 2.17. The molecule has 124 valence electrons. The highest BCUT2D eigenvalue weighted by atomic mass is 32.2. The maximum atomic E-state index is 11.9. The van der Waals surface area contributed by atoms with Crippen LogP contribution in [0, 0.1) is 18.3 Å². The number of carbonyl (C=O) groups excluding carboxylic acids is 2. The van der Waals surface area contributed by atoms with Crippen LogP contribution >= 0.6 is 23.1 Å². The Morgan fingerprint density at radius 3 is 2.88 bits per heavy atom. The van der Waals surface area contributed by atoms with Crippen LogP contribution in [0.2, 0.25) is 0 Å². The Hall–Kier alpha value is -2.17. The van der Waals surface area contributed by atoms with E-state index in [1.54, 1.807) is 18.3 Å². The lowest BCUT2D eigenvalue weighted by Crippen LogP contribution is -2.13. The minimum atomic E-state index is -0.528. The van der Waals surface area contributed by atoms with Gasteiger partial charge in [-0.05, 0) is 31.4 Å². The zero-order valence-corrected chi connectivity index (χ0v) is 15.0. The minimum Gasteiger partial charge on any atom is -0.466 e. The van der Waals surface area contributed by atoms with Crippen LogP contribution in [0.5, 0.6) is 0 Å². The predicted octanol–water partition coefficient (Wildman–Crippen LogP) is 3.60. The number of hydrogen-bond donors (Lipinski definition) is 0. The average Bonchev–Trinajstić information content (AvgIpc) is 3.06. The number of Topliss-reactive ketones (excluding diaryl/α,β-unsaturated/α-hetero) is 1. The van der Waals surface area contributed by atoms with Crippen LogP contribution in [0.4, 0.5) is 0 Å². The zero-order chi connectivity index (χ0) is 17.5. The highest BCUT2D eigenvalue weighted by molar-refractivity contribution is 8.00. The normalized spacial score (nSPS) is 10.2. The van der Waals surface area contributed by atoms with Gasteiger partial charge in [0.25, 0.3) is 0 Å². The Bertz CT molecular complexity index is 780. The molecular weight excluding hydrogens is 344 g/mol. The summed E-state index contributed by atoms with van der Waals surface area (Å²) in [5, 5.41) is 12.0. The maximum absolute atomic E-state index is 11.9. The molecule has 2 rings (SSSR count). The van der Waals surface area contributed by atoms with E-state index in [2.05, 4.69) is 11.1 Å². The molecule has 0 amide bonds. The molecule has 0 bridgehead atoms. The molecule has 0 saturated carbocycles. The van der Waals surface area contributed by atoms with Gasteiger partial charge >= 0.3 is 5.97 Å². The van der Waals surface area contributed by atoms with Crippen LogP contribution in [0.3, 0.4) is 0 Å². The van der Waals surface area contributed by atoms with Crippen LogP contribution in [-0.4, -0.2) is 29.1 Å². The molecule has 2 heterocycles. The molecule has 0 fully saturated rings. The van der Waals surface area contributed by atoms with Gasteiger partial charge in [-0.3, -0.25) is 9.59 Å². The number of nitrogens with zero attached hydrogens (tertiary/aromatic N) is 2. The van der Waals surface area contributed by atoms with Crippen molar-refractivity contribution in [3.63, 3.8) is 0 Å². The molecule has 0 saturated heterocycles. The van der Waals surface area contributed by atoms with Crippen LogP contribution in [0.1, 0.15) is 24.6 Å². The fourth-order valence-electron chi connectivity index (χ4n) is 2.06. The minimum absolute atomic E-state index is 0.0772. The van der Waals surface area contributed by atoms with Crippen molar-refractivity contribution in [2.75, 3.05) is 12.4 Å². The quantitative estimate of drug-likeness (QED) is 0.426. The molecule has 24 heavy (non-hydrogen) atoms. The number of ether oxygens (including phenoxy) is 1. The molecule has 0 radical (unpaired) electrons. The summed E-state index contributed by atoms with van der Waals surface area (Å²) in [5.41, 5.74) is 2.05. The van der Waals surface area contributed by atoms with Crippen molar-refractivity contribution >= 4 is 34.9 Å². The number of thiophene rings is 1. The third-order valence-corrected chi connectivity index (χ3v) is 4.97. The van der Waals surface area contributed by atoms with E-state index >= 15 is 0 Å². The number of carbonyl (C=O) groups is 2. The van der Waals surface area contributed by atoms with Gasteiger partial charge in [0.1, 0.15) is 17.5 Å². The van der Waals surface area contributed by atoms with Crippen molar-refractivity contribution in [3.05, 3.63) is 34.8 Å². The maximum Gasteiger partial charge on any atom is 0.313 e. The number of aryl methyl sites for hydroxylation is 1. The number of aromatic nitrogens is 1. The predicted molar refractivity (Wildman–Crippen MR) is 94.0 cm³/mol. The van der Waals surface area contributed by atoms with Gasteiger partial charge in [0, 0.05) is 16.1 Å². The molecule has 2 aromatic rings. The molecular formula is C17H16N2O3S2. The molecule has 0 atom stereocenters. The first-order valence-corrected chi connectivity index (χ1v) is 9.17. The van der Waals surface area contributed by atoms with E-state index in [1.165, 1.54) is 11.8 Å². The second-order valence-corrected chi connectivity index (χ2v) is 6.80. The molecule has 0 aromatic carbocycles. The zero-order valence-electron chi connectivity index (χ0n) is 13.4. The first kappa shape index (κ1) is 18.2. The summed E-state index contributed by atoms with van der Waals surface area (Å²) in [6, 6.07) is 7.92. The fourth-order valence-corrected chi connectivity index (χ4v) is 3.71. The summed E-state index contributed by atoms with van der Waals surface area (Å²) >= 11 is 2.72. The molecule has 0 unspecified atom stereocenters. The average molecular weight is 360 g/mol. The summed E-state index contributed by atoms with van der Waals surface area (Å²) in [6.07, 6.45) is -0.258. The molecule has 0 aliphatic rings. The van der Waals surface area contributed by atoms with Crippen LogP contribution in [0.15, 0.2) is 28.6 Å². The van der Waals surface area contributed by atoms with Gasteiger partial charge in [0.2, 0.25) is 0 Å². The second-order valence-electron chi connectivity index (χ2n) is 4.89. The lowest BCUT2D eigenvalue weighted by atomic mass is 10.1. The topological polar surface area (TPSA) is 80.1 Å². The number of thioether (sulfide) groups is 1. The Morgan fingerprint density at radius 1 is 1.46 bits per heavy atom. The van der Waals surface area contributed by atoms with E-state index in [1.807, 2.05) is 30.5 Å². The van der Waals surface area contributed by atoms with Crippen molar-refractivity contribution in [1.29, 1.82) is 5.26 Å².